The van der Waals surface area contributed by atoms with E-state index in [0.717, 1.165) is 0 Å². The minimum absolute atomic E-state index is 0.0255. The summed E-state index contributed by atoms with van der Waals surface area (Å²) in [5.41, 5.74) is 0.618. The Balaban J connectivity index is 1.98. The molecule has 0 aliphatic carbocycles. The lowest BCUT2D eigenvalue weighted by Crippen LogP contribution is -2.43. The second kappa shape index (κ2) is 6.25. The van der Waals surface area contributed by atoms with Crippen molar-refractivity contribution in [2.24, 2.45) is 0 Å². The molecule has 1 aromatic rings. The Morgan fingerprint density at radius 1 is 1.43 bits per heavy atom. The van der Waals surface area contributed by atoms with Crippen molar-refractivity contribution in [2.45, 2.75) is 19.4 Å². The average Bonchev–Trinajstić information content (AvgIpc) is 2.46. The fourth-order valence-electron chi connectivity index (χ4n) is 1.99. The molecule has 21 heavy (non-hydrogen) atoms. The molecule has 1 aliphatic rings. The van der Waals surface area contributed by atoms with Crippen molar-refractivity contribution >= 4 is 23.5 Å². The van der Waals surface area contributed by atoms with Crippen molar-refractivity contribution in [3.8, 4) is 5.75 Å². The molecule has 0 aromatic heterocycles. The number of aliphatic carboxylic acids is 1. The molecule has 0 spiro atoms. The van der Waals surface area contributed by atoms with Crippen LogP contribution in [0.25, 0.3) is 0 Å². The summed E-state index contributed by atoms with van der Waals surface area (Å²) in [6.07, 6.45) is 0.0255. The minimum atomic E-state index is -1.10. The number of benzene rings is 1. The first-order chi connectivity index (χ1) is 9.99. The Morgan fingerprint density at radius 3 is 2.86 bits per heavy atom. The number of fused-ring (bicyclic) bond motifs is 1. The summed E-state index contributed by atoms with van der Waals surface area (Å²) in [4.78, 5) is 35.7. The van der Waals surface area contributed by atoms with Crippen molar-refractivity contribution in [2.75, 3.05) is 18.1 Å². The number of carboxylic acids is 1. The Hall–Kier alpha value is -2.57. The van der Waals surface area contributed by atoms with E-state index in [9.17, 15) is 14.4 Å². The molecule has 0 radical (unpaired) electrons. The number of hydrogen-bond acceptors (Lipinski definition) is 4. The number of nitrogens with one attached hydrogen (secondary N) is 1. The Labute approximate surface area is 121 Å². The van der Waals surface area contributed by atoms with Crippen molar-refractivity contribution in [1.29, 1.82) is 0 Å². The van der Waals surface area contributed by atoms with Gasteiger partial charge in [0.2, 0.25) is 5.91 Å². The van der Waals surface area contributed by atoms with Crippen molar-refractivity contribution in [3.63, 3.8) is 0 Å². The highest BCUT2D eigenvalue weighted by Gasteiger charge is 2.25. The predicted molar refractivity (Wildman–Crippen MR) is 74.1 cm³/mol. The summed E-state index contributed by atoms with van der Waals surface area (Å²) >= 11 is 0. The van der Waals surface area contributed by atoms with Crippen LogP contribution in [-0.2, 0) is 14.4 Å². The van der Waals surface area contributed by atoms with Crippen LogP contribution >= 0.6 is 0 Å². The predicted octanol–water partition coefficient (Wildman–Crippen LogP) is 0.391. The Bertz CT molecular complexity index is 572. The van der Waals surface area contributed by atoms with Gasteiger partial charge in [0, 0.05) is 13.0 Å². The van der Waals surface area contributed by atoms with Gasteiger partial charge in [-0.1, -0.05) is 12.1 Å². The molecule has 1 aliphatic heterocycles. The molecule has 0 unspecified atom stereocenters. The molecular formula is C14H16N2O5. The minimum Gasteiger partial charge on any atom is -0.482 e. The van der Waals surface area contributed by atoms with Crippen LogP contribution in [0.1, 0.15) is 13.3 Å². The highest BCUT2D eigenvalue weighted by Crippen LogP contribution is 2.31. The molecule has 1 heterocycles. The number of ether oxygens (including phenoxy) is 1. The van der Waals surface area contributed by atoms with Gasteiger partial charge in [-0.25, -0.2) is 0 Å². The standard InChI is InChI=1S/C14H16N2O5/c1-9(14(19)20)15-12(17)6-7-16-10-4-2-3-5-11(10)21-8-13(16)18/h2-5,9H,6-8H2,1H3,(H,15,17)(H,19,20)/t9-/m0/s1. The molecule has 2 rings (SSSR count). The topological polar surface area (TPSA) is 95.9 Å². The van der Waals surface area contributed by atoms with Gasteiger partial charge in [-0.2, -0.15) is 0 Å². The van der Waals surface area contributed by atoms with Gasteiger partial charge in [-0.15, -0.1) is 0 Å². The molecule has 0 saturated carbocycles. The average molecular weight is 292 g/mol. The number of carbonyl (C=O) groups excluding carboxylic acids is 2. The van der Waals surface area contributed by atoms with Crippen LogP contribution in [-0.4, -0.2) is 42.1 Å². The third kappa shape index (κ3) is 3.50. The molecule has 1 aromatic carbocycles. The van der Waals surface area contributed by atoms with Crippen molar-refractivity contribution in [3.05, 3.63) is 24.3 Å². The third-order valence-corrected chi connectivity index (χ3v) is 3.12. The molecule has 1 atom stereocenters. The molecule has 2 amide bonds. The highest BCUT2D eigenvalue weighted by molar-refractivity contribution is 5.98. The molecule has 0 fully saturated rings. The van der Waals surface area contributed by atoms with Gasteiger partial charge in [0.15, 0.2) is 6.61 Å². The van der Waals surface area contributed by atoms with E-state index in [1.54, 1.807) is 24.3 Å². The third-order valence-electron chi connectivity index (χ3n) is 3.12. The first-order valence-electron chi connectivity index (χ1n) is 6.53. The fraction of sp³-hybridized carbons (Fsp3) is 0.357. The monoisotopic (exact) mass is 292 g/mol. The zero-order chi connectivity index (χ0) is 15.4. The van der Waals surface area contributed by atoms with Crippen LogP contribution < -0.4 is 15.0 Å². The van der Waals surface area contributed by atoms with E-state index in [2.05, 4.69) is 5.32 Å². The van der Waals surface area contributed by atoms with Crippen LogP contribution in [0.4, 0.5) is 5.69 Å². The van der Waals surface area contributed by atoms with Gasteiger partial charge in [0.25, 0.3) is 5.91 Å². The first kappa shape index (κ1) is 14.8. The number of nitrogens with zero attached hydrogens (tertiary/aromatic N) is 1. The molecule has 0 saturated heterocycles. The highest BCUT2D eigenvalue weighted by atomic mass is 16.5. The summed E-state index contributed by atoms with van der Waals surface area (Å²) in [5, 5.41) is 11.1. The van der Waals surface area contributed by atoms with Crippen LogP contribution in [0.3, 0.4) is 0 Å². The maximum absolute atomic E-state index is 11.9. The van der Waals surface area contributed by atoms with E-state index in [-0.39, 0.29) is 25.5 Å². The fourth-order valence-corrected chi connectivity index (χ4v) is 1.99. The molecule has 2 N–H and O–H groups in total. The summed E-state index contributed by atoms with van der Waals surface area (Å²) in [6.45, 7) is 1.50. The molecule has 7 nitrogen and oxygen atoms in total. The SMILES string of the molecule is C[C@H](NC(=O)CCN1C(=O)COc2ccccc21)C(=O)O. The number of rotatable bonds is 5. The van der Waals surface area contributed by atoms with Gasteiger partial charge in [-0.05, 0) is 19.1 Å². The second-order valence-electron chi connectivity index (χ2n) is 4.68. The lowest BCUT2D eigenvalue weighted by Gasteiger charge is -2.29. The number of anilines is 1. The van der Waals surface area contributed by atoms with Crippen LogP contribution in [0.5, 0.6) is 5.75 Å². The molecule has 0 bridgehead atoms. The van der Waals surface area contributed by atoms with E-state index >= 15 is 0 Å². The van der Waals surface area contributed by atoms with Crippen LogP contribution in [0.15, 0.2) is 24.3 Å². The van der Waals surface area contributed by atoms with E-state index in [4.69, 9.17) is 9.84 Å². The smallest absolute Gasteiger partial charge is 0.325 e. The lowest BCUT2D eigenvalue weighted by molar-refractivity contribution is -0.141. The number of hydrogen-bond donors (Lipinski definition) is 2. The normalized spacial score (nSPS) is 14.9. The van der Waals surface area contributed by atoms with Gasteiger partial charge in [0.05, 0.1) is 5.69 Å². The van der Waals surface area contributed by atoms with E-state index in [1.165, 1.54) is 11.8 Å². The Morgan fingerprint density at radius 2 is 2.14 bits per heavy atom. The summed E-state index contributed by atoms with van der Waals surface area (Å²) < 4.78 is 5.30. The largest absolute Gasteiger partial charge is 0.482 e. The molecular weight excluding hydrogens is 276 g/mol. The van der Waals surface area contributed by atoms with Crippen LogP contribution in [0, 0.1) is 0 Å². The van der Waals surface area contributed by atoms with Crippen LogP contribution in [0.2, 0.25) is 0 Å². The second-order valence-corrected chi connectivity index (χ2v) is 4.68. The summed E-state index contributed by atoms with van der Waals surface area (Å²) in [5.74, 6) is -1.15. The molecule has 112 valence electrons. The number of carbonyl (C=O) groups is 3. The summed E-state index contributed by atoms with van der Waals surface area (Å²) in [7, 11) is 0. The maximum atomic E-state index is 11.9. The van der Waals surface area contributed by atoms with Gasteiger partial charge in [-0.3, -0.25) is 14.4 Å². The zero-order valence-corrected chi connectivity index (χ0v) is 11.5. The van der Waals surface area contributed by atoms with E-state index < -0.39 is 17.9 Å². The first-order valence-corrected chi connectivity index (χ1v) is 6.53. The summed E-state index contributed by atoms with van der Waals surface area (Å²) in [6, 6.07) is 6.12. The zero-order valence-electron chi connectivity index (χ0n) is 11.5. The Kier molecular flexibility index (Phi) is 4.42. The number of para-hydroxylation sites is 2. The lowest BCUT2D eigenvalue weighted by atomic mass is 10.2. The van der Waals surface area contributed by atoms with E-state index in [1.807, 2.05) is 0 Å². The van der Waals surface area contributed by atoms with Crippen molar-refractivity contribution < 1.29 is 24.2 Å². The molecule has 7 heteroatoms. The van der Waals surface area contributed by atoms with Crippen molar-refractivity contribution in [1.82, 2.24) is 5.32 Å². The maximum Gasteiger partial charge on any atom is 0.325 e. The number of amides is 2. The van der Waals surface area contributed by atoms with E-state index in [0.29, 0.717) is 11.4 Å². The van der Waals surface area contributed by atoms with Gasteiger partial charge < -0.3 is 20.1 Å². The quantitative estimate of drug-likeness (QED) is 0.818. The van der Waals surface area contributed by atoms with Gasteiger partial charge >= 0.3 is 5.97 Å². The van der Waals surface area contributed by atoms with Gasteiger partial charge in [0.1, 0.15) is 11.8 Å². The number of carboxylic acid groups (broad SMARTS) is 1.